The van der Waals surface area contributed by atoms with Crippen LogP contribution in [-0.2, 0) is 6.61 Å². The molecule has 0 saturated carbocycles. The van der Waals surface area contributed by atoms with Gasteiger partial charge in [0, 0.05) is 6.07 Å². The fourth-order valence-electron chi connectivity index (χ4n) is 1.79. The number of hydrogen-bond acceptors (Lipinski definition) is 7. The summed E-state index contributed by atoms with van der Waals surface area (Å²) in [4.78, 5) is 4.07. The Morgan fingerprint density at radius 1 is 1.00 bits per heavy atom. The summed E-state index contributed by atoms with van der Waals surface area (Å²) in [5.74, 6) is 1.79. The van der Waals surface area contributed by atoms with Crippen LogP contribution in [0, 0.1) is 0 Å². The summed E-state index contributed by atoms with van der Waals surface area (Å²) < 4.78 is 16.6. The van der Waals surface area contributed by atoms with Gasteiger partial charge in [-0.05, 0) is 37.3 Å². The Bertz CT molecular complexity index is 795. The van der Waals surface area contributed by atoms with Crippen LogP contribution < -0.4 is 14.2 Å². The lowest BCUT2D eigenvalue weighted by molar-refractivity contribution is 0.303. The summed E-state index contributed by atoms with van der Waals surface area (Å²) in [5, 5.41) is 9.61. The van der Waals surface area contributed by atoms with E-state index in [-0.39, 0.29) is 0 Å². The van der Waals surface area contributed by atoms with E-state index < -0.39 is 0 Å². The molecule has 3 aromatic rings. The average molecular weight is 364 g/mol. The Kier molecular flexibility index (Phi) is 5.45. The van der Waals surface area contributed by atoms with Crippen molar-refractivity contribution >= 4 is 22.9 Å². The van der Waals surface area contributed by atoms with E-state index in [2.05, 4.69) is 15.2 Å². The molecule has 0 fully saturated rings. The molecule has 2 aromatic heterocycles. The van der Waals surface area contributed by atoms with Crippen LogP contribution in [0.3, 0.4) is 0 Å². The molecule has 6 nitrogen and oxygen atoms in total. The third kappa shape index (κ3) is 4.56. The Balaban J connectivity index is 1.56. The first kappa shape index (κ1) is 16.5. The average Bonchev–Trinajstić information content (AvgIpc) is 3.02. The summed E-state index contributed by atoms with van der Waals surface area (Å²) in [6, 6.07) is 12.4. The minimum Gasteiger partial charge on any atom is -0.486 e. The van der Waals surface area contributed by atoms with Crippen molar-refractivity contribution < 1.29 is 14.2 Å². The lowest BCUT2D eigenvalue weighted by Crippen LogP contribution is -1.95. The van der Waals surface area contributed by atoms with Gasteiger partial charge < -0.3 is 14.2 Å². The van der Waals surface area contributed by atoms with Gasteiger partial charge in [0.2, 0.25) is 5.88 Å². The fourth-order valence-corrected chi connectivity index (χ4v) is 2.61. The van der Waals surface area contributed by atoms with E-state index in [4.69, 9.17) is 25.8 Å². The first-order valence-electron chi connectivity index (χ1n) is 7.21. The Labute approximate surface area is 148 Å². The second-order valence-corrected chi connectivity index (χ2v) is 5.97. The van der Waals surface area contributed by atoms with E-state index in [0.717, 1.165) is 5.01 Å². The Hall–Kier alpha value is -2.38. The summed E-state index contributed by atoms with van der Waals surface area (Å²) in [6.45, 7) is 2.80. The van der Waals surface area contributed by atoms with Gasteiger partial charge in [-0.3, -0.25) is 0 Å². The normalized spacial score (nSPS) is 10.4. The fraction of sp³-hybridized carbons (Fsp3) is 0.188. The van der Waals surface area contributed by atoms with E-state index in [1.54, 1.807) is 30.3 Å². The van der Waals surface area contributed by atoms with Crippen LogP contribution in [0.5, 0.6) is 22.6 Å². The van der Waals surface area contributed by atoms with Gasteiger partial charge in [0.15, 0.2) is 5.01 Å². The van der Waals surface area contributed by atoms with Gasteiger partial charge in [-0.2, -0.15) is 0 Å². The van der Waals surface area contributed by atoms with Crippen molar-refractivity contribution in [1.29, 1.82) is 0 Å². The predicted octanol–water partition coefficient (Wildman–Crippen LogP) is 4.36. The molecule has 0 bridgehead atoms. The number of hydrogen-bond donors (Lipinski definition) is 0. The zero-order valence-electron chi connectivity index (χ0n) is 12.8. The molecule has 24 heavy (non-hydrogen) atoms. The van der Waals surface area contributed by atoms with Crippen molar-refractivity contribution in [2.75, 3.05) is 6.61 Å². The summed E-state index contributed by atoms with van der Waals surface area (Å²) in [5.41, 5.74) is 0. The minimum atomic E-state index is 0.334. The molecule has 0 spiro atoms. The van der Waals surface area contributed by atoms with Gasteiger partial charge in [-0.15, -0.1) is 5.10 Å². The number of pyridine rings is 1. The topological polar surface area (TPSA) is 66.4 Å². The van der Waals surface area contributed by atoms with Crippen LogP contribution in [0.2, 0.25) is 5.15 Å². The first-order valence-corrected chi connectivity index (χ1v) is 8.41. The third-order valence-corrected chi connectivity index (χ3v) is 3.83. The molecule has 1 aromatic carbocycles. The molecule has 0 aliphatic heterocycles. The van der Waals surface area contributed by atoms with Crippen molar-refractivity contribution in [3.05, 3.63) is 52.6 Å². The molecular weight excluding hydrogens is 350 g/mol. The van der Waals surface area contributed by atoms with Crippen LogP contribution in [-0.4, -0.2) is 21.8 Å². The van der Waals surface area contributed by atoms with Crippen LogP contribution >= 0.6 is 22.9 Å². The molecule has 0 aliphatic rings. The summed E-state index contributed by atoms with van der Waals surface area (Å²) in [6.07, 6.45) is 0. The van der Waals surface area contributed by atoms with E-state index in [1.165, 1.54) is 11.3 Å². The second kappa shape index (κ2) is 7.94. The lowest BCUT2D eigenvalue weighted by atomic mass is 10.3. The smallest absolute Gasteiger partial charge is 0.294 e. The number of benzene rings is 1. The highest BCUT2D eigenvalue weighted by atomic mass is 35.5. The molecular formula is C16H14ClN3O3S. The molecule has 0 aliphatic carbocycles. The Morgan fingerprint density at radius 2 is 1.79 bits per heavy atom. The molecule has 0 atom stereocenters. The highest BCUT2D eigenvalue weighted by Crippen LogP contribution is 2.24. The summed E-state index contributed by atoms with van der Waals surface area (Å²) >= 11 is 7.20. The van der Waals surface area contributed by atoms with Crippen molar-refractivity contribution in [2.24, 2.45) is 0 Å². The quantitative estimate of drug-likeness (QED) is 0.581. The second-order valence-electron chi connectivity index (χ2n) is 4.56. The maximum absolute atomic E-state index is 5.83. The van der Waals surface area contributed by atoms with Gasteiger partial charge >= 0.3 is 0 Å². The van der Waals surface area contributed by atoms with E-state index in [0.29, 0.717) is 40.9 Å². The van der Waals surface area contributed by atoms with E-state index in [9.17, 15) is 0 Å². The zero-order valence-corrected chi connectivity index (χ0v) is 14.4. The van der Waals surface area contributed by atoms with Gasteiger partial charge in [-0.1, -0.05) is 34.1 Å². The van der Waals surface area contributed by atoms with Crippen LogP contribution in [0.1, 0.15) is 11.9 Å². The molecule has 3 rings (SSSR count). The highest BCUT2D eigenvalue weighted by Gasteiger charge is 2.06. The van der Waals surface area contributed by atoms with Gasteiger partial charge in [0.1, 0.15) is 23.3 Å². The molecule has 0 unspecified atom stereocenters. The zero-order chi connectivity index (χ0) is 16.8. The molecule has 0 amide bonds. The predicted molar refractivity (Wildman–Crippen MR) is 91.2 cm³/mol. The maximum Gasteiger partial charge on any atom is 0.294 e. The van der Waals surface area contributed by atoms with Gasteiger partial charge in [0.25, 0.3) is 5.19 Å². The summed E-state index contributed by atoms with van der Waals surface area (Å²) in [7, 11) is 0. The number of aromatic nitrogens is 3. The number of rotatable bonds is 7. The number of nitrogens with zero attached hydrogens (tertiary/aromatic N) is 3. The molecule has 8 heteroatoms. The maximum atomic E-state index is 5.83. The number of ether oxygens (including phenoxy) is 3. The largest absolute Gasteiger partial charge is 0.486 e. The molecule has 0 N–H and O–H groups in total. The van der Waals surface area contributed by atoms with Crippen molar-refractivity contribution in [1.82, 2.24) is 15.2 Å². The lowest BCUT2D eigenvalue weighted by Gasteiger charge is -2.07. The molecule has 0 saturated heterocycles. The molecule has 0 radical (unpaired) electrons. The van der Waals surface area contributed by atoms with Crippen molar-refractivity contribution in [2.45, 2.75) is 13.5 Å². The first-order chi connectivity index (χ1) is 11.7. The van der Waals surface area contributed by atoms with Crippen molar-refractivity contribution in [3.8, 4) is 22.6 Å². The van der Waals surface area contributed by atoms with E-state index >= 15 is 0 Å². The minimum absolute atomic E-state index is 0.334. The van der Waals surface area contributed by atoms with Gasteiger partial charge in [-0.25, -0.2) is 4.98 Å². The standard InChI is InChI=1S/C16H14ClN3O3S/c1-2-21-16-20-19-15(24-16)10-22-11-6-8-12(9-7-11)23-14-5-3-4-13(17)18-14/h3-9H,2,10H2,1H3. The van der Waals surface area contributed by atoms with Crippen LogP contribution in [0.25, 0.3) is 0 Å². The number of halogens is 1. The molecule has 2 heterocycles. The molecule has 124 valence electrons. The van der Waals surface area contributed by atoms with Crippen molar-refractivity contribution in [3.63, 3.8) is 0 Å². The van der Waals surface area contributed by atoms with Crippen LogP contribution in [0.4, 0.5) is 0 Å². The monoisotopic (exact) mass is 363 g/mol. The highest BCUT2D eigenvalue weighted by molar-refractivity contribution is 7.13. The third-order valence-electron chi connectivity index (χ3n) is 2.81. The van der Waals surface area contributed by atoms with Gasteiger partial charge in [0.05, 0.1) is 6.61 Å². The van der Waals surface area contributed by atoms with Crippen LogP contribution in [0.15, 0.2) is 42.5 Å². The SMILES string of the molecule is CCOc1nnc(COc2ccc(Oc3cccc(Cl)n3)cc2)s1. The Morgan fingerprint density at radius 3 is 2.54 bits per heavy atom. The van der Waals surface area contributed by atoms with E-state index in [1.807, 2.05) is 19.1 Å².